The van der Waals surface area contributed by atoms with Crippen molar-refractivity contribution in [3.63, 3.8) is 0 Å². The molecule has 0 aromatic carbocycles. The van der Waals surface area contributed by atoms with Gasteiger partial charge in [0.1, 0.15) is 5.60 Å². The summed E-state index contributed by atoms with van der Waals surface area (Å²) >= 11 is 0. The summed E-state index contributed by atoms with van der Waals surface area (Å²) in [5.41, 5.74) is -1.46. The van der Waals surface area contributed by atoms with Crippen LogP contribution in [0.25, 0.3) is 0 Å². The number of carboxylic acid groups (broad SMARTS) is 1. The fourth-order valence-corrected chi connectivity index (χ4v) is 2.31. The number of carbonyl (C=O) groups excluding carboxylic acids is 2. The van der Waals surface area contributed by atoms with Gasteiger partial charge in [-0.3, -0.25) is 0 Å². The number of ether oxygens (including phenoxy) is 1. The molecule has 5 heteroatoms. The van der Waals surface area contributed by atoms with Crippen molar-refractivity contribution < 1.29 is 19.4 Å². The van der Waals surface area contributed by atoms with Crippen LogP contribution in [0.4, 0.5) is 4.79 Å². The molecular formula is C13H22NO4-. The van der Waals surface area contributed by atoms with Gasteiger partial charge in [0, 0.05) is 24.5 Å². The van der Waals surface area contributed by atoms with E-state index in [-0.39, 0.29) is 6.54 Å². The summed E-state index contributed by atoms with van der Waals surface area (Å²) in [5.74, 6) is -1.06. The molecule has 1 heterocycles. The first-order valence-corrected chi connectivity index (χ1v) is 6.39. The van der Waals surface area contributed by atoms with E-state index in [1.54, 1.807) is 20.8 Å². The molecule has 1 atom stereocenters. The van der Waals surface area contributed by atoms with Crippen LogP contribution in [0.5, 0.6) is 0 Å². The molecule has 1 aliphatic rings. The average Bonchev–Trinajstić information content (AvgIpc) is 2.61. The predicted octanol–water partition coefficient (Wildman–Crippen LogP) is 1.16. The number of hydrogen-bond acceptors (Lipinski definition) is 4. The van der Waals surface area contributed by atoms with Gasteiger partial charge in [-0.2, -0.15) is 0 Å². The van der Waals surface area contributed by atoms with Gasteiger partial charge in [0.2, 0.25) is 0 Å². The monoisotopic (exact) mass is 256 g/mol. The molecule has 18 heavy (non-hydrogen) atoms. The molecule has 0 unspecified atom stereocenters. The molecule has 0 N–H and O–H groups in total. The van der Waals surface area contributed by atoms with Crippen molar-refractivity contribution in [1.82, 2.24) is 4.90 Å². The third-order valence-electron chi connectivity index (χ3n) is 3.17. The van der Waals surface area contributed by atoms with Gasteiger partial charge >= 0.3 is 6.09 Å². The van der Waals surface area contributed by atoms with E-state index in [0.717, 1.165) is 6.42 Å². The lowest BCUT2D eigenvalue weighted by molar-refractivity contribution is -0.319. The van der Waals surface area contributed by atoms with E-state index < -0.39 is 23.1 Å². The lowest BCUT2D eigenvalue weighted by atomic mass is 9.83. The van der Waals surface area contributed by atoms with E-state index in [1.807, 2.05) is 6.92 Å². The Morgan fingerprint density at radius 2 is 2.00 bits per heavy atom. The SMILES string of the molecule is CCC[C@]1(C(=O)[O-])CCN(C(=O)OC(C)(C)C)C1. The zero-order chi connectivity index (χ0) is 14.0. The maximum Gasteiger partial charge on any atom is 0.410 e. The van der Waals surface area contributed by atoms with Gasteiger partial charge in [-0.05, 0) is 33.6 Å². The summed E-state index contributed by atoms with van der Waals surface area (Å²) in [6.45, 7) is 7.92. The van der Waals surface area contributed by atoms with E-state index in [9.17, 15) is 14.7 Å². The molecule has 1 saturated heterocycles. The summed E-state index contributed by atoms with van der Waals surface area (Å²) < 4.78 is 5.25. The standard InChI is InChI=1S/C13H23NO4/c1-5-6-13(10(15)16)7-8-14(9-13)11(17)18-12(2,3)4/h5-9H2,1-4H3,(H,15,16)/p-1/t13-/m0/s1. The Labute approximate surface area is 108 Å². The minimum absolute atomic E-state index is 0.193. The van der Waals surface area contributed by atoms with E-state index in [1.165, 1.54) is 4.90 Å². The third-order valence-corrected chi connectivity index (χ3v) is 3.17. The predicted molar refractivity (Wildman–Crippen MR) is 64.8 cm³/mol. The zero-order valence-electron chi connectivity index (χ0n) is 11.6. The fourth-order valence-electron chi connectivity index (χ4n) is 2.31. The van der Waals surface area contributed by atoms with Gasteiger partial charge in [0.25, 0.3) is 0 Å². The first-order chi connectivity index (χ1) is 8.20. The second-order valence-electron chi connectivity index (χ2n) is 5.97. The Morgan fingerprint density at radius 3 is 2.44 bits per heavy atom. The van der Waals surface area contributed by atoms with Crippen molar-refractivity contribution >= 4 is 12.1 Å². The molecule has 0 aromatic rings. The van der Waals surface area contributed by atoms with Crippen molar-refractivity contribution in [2.75, 3.05) is 13.1 Å². The van der Waals surface area contributed by atoms with E-state index in [2.05, 4.69) is 0 Å². The molecule has 0 radical (unpaired) electrons. The highest BCUT2D eigenvalue weighted by Gasteiger charge is 2.41. The van der Waals surface area contributed by atoms with Gasteiger partial charge in [-0.15, -0.1) is 0 Å². The van der Waals surface area contributed by atoms with Gasteiger partial charge in [0.05, 0.1) is 0 Å². The van der Waals surface area contributed by atoms with Gasteiger partial charge in [-0.1, -0.05) is 13.3 Å². The Bertz CT molecular complexity index is 334. The molecule has 1 amide bonds. The number of rotatable bonds is 3. The Balaban J connectivity index is 2.69. The molecule has 0 aliphatic carbocycles. The molecule has 0 bridgehead atoms. The van der Waals surface area contributed by atoms with Crippen LogP contribution < -0.4 is 5.11 Å². The Morgan fingerprint density at radius 1 is 1.39 bits per heavy atom. The van der Waals surface area contributed by atoms with Crippen molar-refractivity contribution in [1.29, 1.82) is 0 Å². The fraction of sp³-hybridized carbons (Fsp3) is 0.846. The third kappa shape index (κ3) is 3.37. The lowest BCUT2D eigenvalue weighted by Crippen LogP contribution is -2.45. The number of likely N-dealkylation sites (tertiary alicyclic amines) is 1. The second kappa shape index (κ2) is 5.16. The lowest BCUT2D eigenvalue weighted by Gasteiger charge is -2.30. The van der Waals surface area contributed by atoms with Crippen LogP contribution in [0.1, 0.15) is 47.0 Å². The minimum atomic E-state index is -1.06. The topological polar surface area (TPSA) is 69.7 Å². The van der Waals surface area contributed by atoms with Crippen LogP contribution in [-0.4, -0.2) is 35.7 Å². The van der Waals surface area contributed by atoms with Crippen molar-refractivity contribution in [3.8, 4) is 0 Å². The number of nitrogens with zero attached hydrogens (tertiary/aromatic N) is 1. The van der Waals surface area contributed by atoms with E-state index in [0.29, 0.717) is 19.4 Å². The van der Waals surface area contributed by atoms with Crippen LogP contribution in [0.15, 0.2) is 0 Å². The summed E-state index contributed by atoms with van der Waals surface area (Å²) in [7, 11) is 0. The molecule has 0 aromatic heterocycles. The number of carboxylic acids is 1. The van der Waals surface area contributed by atoms with Crippen LogP contribution in [0.3, 0.4) is 0 Å². The maximum absolute atomic E-state index is 11.9. The highest BCUT2D eigenvalue weighted by molar-refractivity contribution is 5.76. The number of hydrogen-bond donors (Lipinski definition) is 0. The van der Waals surface area contributed by atoms with Crippen molar-refractivity contribution in [2.45, 2.75) is 52.6 Å². The summed E-state index contributed by atoms with van der Waals surface area (Å²) in [5, 5.41) is 11.3. The van der Waals surface area contributed by atoms with Crippen LogP contribution >= 0.6 is 0 Å². The number of carbonyl (C=O) groups is 2. The minimum Gasteiger partial charge on any atom is -0.549 e. The smallest absolute Gasteiger partial charge is 0.410 e. The molecule has 0 spiro atoms. The quantitative estimate of drug-likeness (QED) is 0.760. The number of amides is 1. The van der Waals surface area contributed by atoms with Crippen molar-refractivity contribution in [3.05, 3.63) is 0 Å². The number of aliphatic carboxylic acids is 1. The highest BCUT2D eigenvalue weighted by atomic mass is 16.6. The first kappa shape index (κ1) is 14.8. The van der Waals surface area contributed by atoms with Gasteiger partial charge in [-0.25, -0.2) is 4.79 Å². The van der Waals surface area contributed by atoms with Gasteiger partial charge < -0.3 is 19.5 Å². The second-order valence-corrected chi connectivity index (χ2v) is 5.97. The molecular weight excluding hydrogens is 234 g/mol. The Hall–Kier alpha value is -1.26. The maximum atomic E-state index is 11.9. The molecule has 1 fully saturated rings. The average molecular weight is 256 g/mol. The molecule has 1 rings (SSSR count). The van der Waals surface area contributed by atoms with Crippen LogP contribution in [-0.2, 0) is 9.53 Å². The zero-order valence-corrected chi connectivity index (χ0v) is 11.6. The van der Waals surface area contributed by atoms with Crippen molar-refractivity contribution in [2.24, 2.45) is 5.41 Å². The first-order valence-electron chi connectivity index (χ1n) is 6.39. The van der Waals surface area contributed by atoms with Gasteiger partial charge in [0.15, 0.2) is 0 Å². The highest BCUT2D eigenvalue weighted by Crippen LogP contribution is 2.35. The largest absolute Gasteiger partial charge is 0.549 e. The molecule has 5 nitrogen and oxygen atoms in total. The van der Waals surface area contributed by atoms with E-state index in [4.69, 9.17) is 4.74 Å². The van der Waals surface area contributed by atoms with Crippen LogP contribution in [0, 0.1) is 5.41 Å². The van der Waals surface area contributed by atoms with Crippen LogP contribution in [0.2, 0.25) is 0 Å². The summed E-state index contributed by atoms with van der Waals surface area (Å²) in [6, 6.07) is 0. The molecule has 1 aliphatic heterocycles. The molecule has 0 saturated carbocycles. The normalized spacial score (nSPS) is 24.1. The Kier molecular flexibility index (Phi) is 4.24. The molecule has 104 valence electrons. The summed E-state index contributed by atoms with van der Waals surface area (Å²) in [6.07, 6.45) is 1.30. The summed E-state index contributed by atoms with van der Waals surface area (Å²) in [4.78, 5) is 24.6. The van der Waals surface area contributed by atoms with E-state index >= 15 is 0 Å².